The Morgan fingerprint density at radius 1 is 0.646 bits per heavy atom. The molecule has 0 N–H and O–H groups in total. The van der Waals surface area contributed by atoms with Crippen LogP contribution in [0.15, 0.2) is 72.8 Å². The predicted molar refractivity (Wildman–Crippen MR) is 276 cm³/mol. The molecule has 8 rings (SSSR count). The Hall–Kier alpha value is -7.52. The summed E-state index contributed by atoms with van der Waals surface area (Å²) in [6, 6.07) is 16.3. The van der Waals surface area contributed by atoms with Gasteiger partial charge in [0.1, 0.15) is 23.3 Å². The number of amides is 2. The summed E-state index contributed by atoms with van der Waals surface area (Å²) < 4.78 is 137. The summed E-state index contributed by atoms with van der Waals surface area (Å²) >= 11 is 11.1. The molecule has 16 nitrogen and oxygen atoms in total. The lowest BCUT2D eigenvalue weighted by molar-refractivity contribution is -0.182. The van der Waals surface area contributed by atoms with E-state index in [2.05, 4.69) is 0 Å². The smallest absolute Gasteiger partial charge is 0.417 e. The van der Waals surface area contributed by atoms with Gasteiger partial charge >= 0.3 is 24.3 Å². The lowest BCUT2D eigenvalue weighted by atomic mass is 10.0. The SMILES string of the molecule is COC(=O)C(OC(=O)CN1CCC(Oc2ccc(N3C(=S)N(c4ccc(C#N)c(C(F)(F)F)c4)C(=O)C3(C)C)cc2F)CC1)N1CCC(Oc2ccc(N3C(=S)N(c4ccc(C#N)c(C(F)(F)F)c4)C(=O)C3(C)C)cc2F)CC1. The van der Waals surface area contributed by atoms with E-state index < -0.39 is 99.5 Å². The Kier molecular flexibility index (Phi) is 16.0. The van der Waals surface area contributed by atoms with Crippen LogP contribution in [0.3, 0.4) is 0 Å². The Morgan fingerprint density at radius 3 is 1.41 bits per heavy atom. The van der Waals surface area contributed by atoms with Gasteiger partial charge in [-0.05, 0) is 138 Å². The maximum absolute atomic E-state index is 15.8. The maximum Gasteiger partial charge on any atom is 0.417 e. The van der Waals surface area contributed by atoms with Gasteiger partial charge in [0.05, 0.1) is 59.4 Å². The molecule has 79 heavy (non-hydrogen) atoms. The third-order valence-corrected chi connectivity index (χ3v) is 14.7. The lowest BCUT2D eigenvalue weighted by Gasteiger charge is -2.36. The third-order valence-electron chi connectivity index (χ3n) is 14.0. The fraction of sp³-hybridized carbons (Fsp3) is 0.396. The molecule has 4 saturated heterocycles. The molecule has 0 aromatic heterocycles. The van der Waals surface area contributed by atoms with Crippen molar-refractivity contribution < 1.29 is 73.2 Å². The van der Waals surface area contributed by atoms with Crippen LogP contribution in [0, 0.1) is 34.3 Å². The van der Waals surface area contributed by atoms with E-state index in [-0.39, 0.29) is 76.9 Å². The van der Waals surface area contributed by atoms with Gasteiger partial charge in [-0.3, -0.25) is 34.0 Å². The predicted octanol–water partition coefficient (Wildman–Crippen LogP) is 9.01. The number of benzene rings is 4. The first-order valence-electron chi connectivity index (χ1n) is 24.4. The first-order valence-corrected chi connectivity index (χ1v) is 25.2. The molecule has 4 aromatic rings. The number of thiocarbonyl (C=S) groups is 2. The third kappa shape index (κ3) is 11.4. The summed E-state index contributed by atoms with van der Waals surface area (Å²) in [7, 11) is 1.14. The zero-order valence-corrected chi connectivity index (χ0v) is 44.3. The van der Waals surface area contributed by atoms with E-state index in [0.717, 1.165) is 41.2 Å². The highest BCUT2D eigenvalue weighted by Gasteiger charge is 2.53. The fourth-order valence-corrected chi connectivity index (χ4v) is 10.9. The van der Waals surface area contributed by atoms with E-state index in [1.54, 1.807) is 9.80 Å². The molecule has 0 radical (unpaired) electrons. The van der Waals surface area contributed by atoms with E-state index >= 15 is 8.78 Å². The number of alkyl halides is 6. The molecule has 4 heterocycles. The number of halogens is 8. The number of nitriles is 2. The number of anilines is 4. The first kappa shape index (κ1) is 57.6. The van der Waals surface area contributed by atoms with E-state index in [4.69, 9.17) is 43.4 Å². The monoisotopic (exact) mass is 1140 g/mol. The topological polar surface area (TPSA) is 172 Å². The van der Waals surface area contributed by atoms with Gasteiger partial charge in [0, 0.05) is 49.7 Å². The second-order valence-corrected chi connectivity index (χ2v) is 20.6. The van der Waals surface area contributed by atoms with Crippen molar-refractivity contribution in [2.24, 2.45) is 0 Å². The van der Waals surface area contributed by atoms with Crippen molar-refractivity contribution in [3.8, 4) is 23.6 Å². The Labute approximate surface area is 458 Å². The molecular weight excluding hydrogens is 1090 g/mol. The molecule has 4 aromatic carbocycles. The second kappa shape index (κ2) is 22.0. The summed E-state index contributed by atoms with van der Waals surface area (Å²) in [6.07, 6.45) is -11.0. The number of hydrogen-bond donors (Lipinski definition) is 0. The van der Waals surface area contributed by atoms with Crippen molar-refractivity contribution >= 4 is 81.2 Å². The average molecular weight is 1140 g/mol. The summed E-state index contributed by atoms with van der Waals surface area (Å²) in [4.78, 5) is 61.3. The minimum Gasteiger partial charge on any atom is -0.487 e. The summed E-state index contributed by atoms with van der Waals surface area (Å²) in [5.41, 5.74) is -6.92. The highest BCUT2D eigenvalue weighted by molar-refractivity contribution is 7.81. The summed E-state index contributed by atoms with van der Waals surface area (Å²) in [5, 5.41) is 18.0. The van der Waals surface area contributed by atoms with Crippen LogP contribution in [-0.2, 0) is 41.0 Å². The molecule has 2 amide bonds. The van der Waals surface area contributed by atoms with Crippen LogP contribution in [0.2, 0.25) is 0 Å². The second-order valence-electron chi connectivity index (χ2n) is 19.9. The number of nitrogens with zero attached hydrogens (tertiary/aromatic N) is 8. The number of carbonyl (C=O) groups excluding carboxylic acids is 4. The van der Waals surface area contributed by atoms with E-state index in [1.165, 1.54) is 86.0 Å². The van der Waals surface area contributed by atoms with Gasteiger partial charge in [0.25, 0.3) is 18.0 Å². The molecule has 0 bridgehead atoms. The van der Waals surface area contributed by atoms with Gasteiger partial charge in [-0.1, -0.05) is 0 Å². The van der Waals surface area contributed by atoms with E-state index in [9.17, 15) is 56.0 Å². The van der Waals surface area contributed by atoms with Gasteiger partial charge in [0.2, 0.25) is 0 Å². The van der Waals surface area contributed by atoms with Crippen LogP contribution in [0.4, 0.5) is 57.9 Å². The molecule has 0 aliphatic carbocycles. The Bertz CT molecular complexity index is 3220. The molecule has 4 aliphatic heterocycles. The Balaban J connectivity index is 0.824. The quantitative estimate of drug-likeness (QED) is 0.0705. The fourth-order valence-electron chi connectivity index (χ4n) is 9.86. The number of likely N-dealkylation sites (tertiary alicyclic amines) is 2. The van der Waals surface area contributed by atoms with Gasteiger partial charge in [-0.15, -0.1) is 0 Å². The number of ether oxygens (including phenoxy) is 4. The standard InChI is InChI=1S/C53H48F8N8O8S2/c1-50(2)46(72)66(31-8-6-29(26-62)37(22-31)52(56,57)58)48(78)68(50)33-10-12-41(39(54)24-33)75-35-14-18-64(19-15-35)28-43(70)77-44(45(71)74-5)65-20-16-36(17-21-65)76-42-13-11-34(25-40(42)55)69-49(79)67(47(73)51(69,3)4)32-9-7-30(27-63)38(23-32)53(59,60)61/h6-13,22-25,35-36,44H,14-21,28H2,1-5H3. The number of esters is 2. The number of rotatable bonds is 13. The molecule has 1 atom stereocenters. The Morgan fingerprint density at radius 2 is 1.04 bits per heavy atom. The van der Waals surface area contributed by atoms with E-state index in [0.29, 0.717) is 38.1 Å². The summed E-state index contributed by atoms with van der Waals surface area (Å²) in [5.74, 6) is -4.85. The first-order chi connectivity index (χ1) is 37.1. The molecule has 0 saturated carbocycles. The average Bonchev–Trinajstić information content (AvgIpc) is 4.00. The van der Waals surface area contributed by atoms with Crippen LogP contribution < -0.4 is 29.1 Å². The number of hydrogen-bond acceptors (Lipinski definition) is 14. The maximum atomic E-state index is 15.8. The van der Waals surface area contributed by atoms with Gasteiger partial charge < -0.3 is 28.7 Å². The molecule has 416 valence electrons. The lowest BCUT2D eigenvalue weighted by Crippen LogP contribution is -2.51. The van der Waals surface area contributed by atoms with E-state index in [1.807, 2.05) is 0 Å². The molecule has 4 aliphatic rings. The van der Waals surface area contributed by atoms with Crippen molar-refractivity contribution in [3.63, 3.8) is 0 Å². The van der Waals surface area contributed by atoms with Crippen LogP contribution in [-0.4, -0.2) is 113 Å². The minimum atomic E-state index is -4.90. The van der Waals surface area contributed by atoms with Gasteiger partial charge in [-0.2, -0.15) is 36.9 Å². The normalized spacial score (nSPS) is 18.9. The van der Waals surface area contributed by atoms with Crippen LogP contribution >= 0.6 is 24.4 Å². The van der Waals surface area contributed by atoms with Crippen molar-refractivity contribution in [2.45, 2.75) is 95.2 Å². The molecular formula is C53H48F8N8O8S2. The van der Waals surface area contributed by atoms with Gasteiger partial charge in [-0.25, -0.2) is 13.6 Å². The molecule has 1 unspecified atom stereocenters. The largest absolute Gasteiger partial charge is 0.487 e. The van der Waals surface area contributed by atoms with Crippen LogP contribution in [0.25, 0.3) is 0 Å². The van der Waals surface area contributed by atoms with Crippen molar-refractivity contribution in [3.05, 3.63) is 107 Å². The number of methoxy groups -OCH3 is 1. The van der Waals surface area contributed by atoms with Crippen LogP contribution in [0.1, 0.15) is 75.6 Å². The van der Waals surface area contributed by atoms with Crippen molar-refractivity contribution in [1.29, 1.82) is 10.5 Å². The van der Waals surface area contributed by atoms with Crippen molar-refractivity contribution in [1.82, 2.24) is 9.80 Å². The number of piperidine rings is 2. The van der Waals surface area contributed by atoms with Gasteiger partial charge in [0.15, 0.2) is 33.4 Å². The highest BCUT2D eigenvalue weighted by atomic mass is 32.1. The molecule has 26 heteroatoms. The summed E-state index contributed by atoms with van der Waals surface area (Å²) in [6.45, 7) is 6.69. The minimum absolute atomic E-state index is 0.112. The highest BCUT2D eigenvalue weighted by Crippen LogP contribution is 2.43. The van der Waals surface area contributed by atoms with Crippen molar-refractivity contribution in [2.75, 3.05) is 59.4 Å². The zero-order valence-electron chi connectivity index (χ0n) is 42.7. The molecule has 0 spiro atoms. The zero-order chi connectivity index (χ0) is 57.7. The van der Waals surface area contributed by atoms with Crippen LogP contribution in [0.5, 0.6) is 11.5 Å². The molecule has 4 fully saturated rings. The number of carbonyl (C=O) groups is 4.